The fourth-order valence-electron chi connectivity index (χ4n) is 1.98. The summed E-state index contributed by atoms with van der Waals surface area (Å²) in [7, 11) is 0. The van der Waals surface area contributed by atoms with Gasteiger partial charge in [-0.1, -0.05) is 43.6 Å². The highest BCUT2D eigenvalue weighted by atomic mass is 35.5. The van der Waals surface area contributed by atoms with Crippen LogP contribution in [0.2, 0.25) is 5.02 Å². The number of halogens is 3. The summed E-state index contributed by atoms with van der Waals surface area (Å²) in [5.41, 5.74) is 1.73. The number of hydrogen-bond acceptors (Lipinski definition) is 1. The minimum absolute atomic E-state index is 0.230. The third-order valence-electron chi connectivity index (χ3n) is 3.01. The highest BCUT2D eigenvalue weighted by Gasteiger charge is 2.13. The fraction of sp³-hybridized carbons (Fsp3) is 0.250. The number of nitrogens with one attached hydrogen (secondary N) is 1. The second kappa shape index (κ2) is 6.33. The number of rotatable bonds is 4. The van der Waals surface area contributed by atoms with Gasteiger partial charge in [-0.2, -0.15) is 0 Å². The van der Waals surface area contributed by atoms with Crippen LogP contribution in [-0.4, -0.2) is 6.04 Å². The third-order valence-corrected chi connectivity index (χ3v) is 3.25. The molecule has 0 bridgehead atoms. The van der Waals surface area contributed by atoms with Crippen LogP contribution in [0, 0.1) is 11.6 Å². The van der Waals surface area contributed by atoms with Crippen LogP contribution in [0.4, 0.5) is 8.78 Å². The Labute approximate surface area is 122 Å². The molecule has 0 heterocycles. The van der Waals surface area contributed by atoms with E-state index in [1.165, 1.54) is 6.07 Å². The molecule has 2 aromatic carbocycles. The highest BCUT2D eigenvalue weighted by molar-refractivity contribution is 6.30. The predicted molar refractivity (Wildman–Crippen MR) is 78.8 cm³/mol. The normalized spacial score (nSPS) is 11.1. The average molecular weight is 296 g/mol. The Morgan fingerprint density at radius 1 is 1.10 bits per heavy atom. The predicted octanol–water partition coefficient (Wildman–Crippen LogP) is 4.78. The van der Waals surface area contributed by atoms with Gasteiger partial charge in [0, 0.05) is 23.2 Å². The van der Waals surface area contributed by atoms with Gasteiger partial charge in [0.15, 0.2) is 11.6 Å². The van der Waals surface area contributed by atoms with Crippen molar-refractivity contribution in [1.82, 2.24) is 5.32 Å². The molecule has 0 aliphatic carbocycles. The minimum atomic E-state index is -0.856. The van der Waals surface area contributed by atoms with E-state index in [1.807, 2.05) is 19.9 Å². The van der Waals surface area contributed by atoms with Gasteiger partial charge in [0.1, 0.15) is 0 Å². The van der Waals surface area contributed by atoms with Crippen molar-refractivity contribution in [1.29, 1.82) is 0 Å². The second-order valence-corrected chi connectivity index (χ2v) is 5.37. The largest absolute Gasteiger partial charge is 0.310 e. The fourth-order valence-corrected chi connectivity index (χ4v) is 2.15. The molecule has 0 radical (unpaired) electrons. The second-order valence-electron chi connectivity index (χ2n) is 4.94. The molecule has 20 heavy (non-hydrogen) atoms. The van der Waals surface area contributed by atoms with Crippen molar-refractivity contribution in [3.63, 3.8) is 0 Å². The molecule has 0 spiro atoms. The quantitative estimate of drug-likeness (QED) is 0.855. The lowest BCUT2D eigenvalue weighted by Gasteiger charge is -2.14. The van der Waals surface area contributed by atoms with Crippen molar-refractivity contribution in [2.24, 2.45) is 0 Å². The van der Waals surface area contributed by atoms with Crippen molar-refractivity contribution < 1.29 is 8.78 Å². The Morgan fingerprint density at radius 2 is 1.85 bits per heavy atom. The first-order valence-corrected chi connectivity index (χ1v) is 6.83. The molecule has 0 fully saturated rings. The van der Waals surface area contributed by atoms with E-state index in [4.69, 9.17) is 11.6 Å². The van der Waals surface area contributed by atoms with Crippen molar-refractivity contribution in [3.05, 3.63) is 58.6 Å². The van der Waals surface area contributed by atoms with Gasteiger partial charge in [0.05, 0.1) is 0 Å². The Morgan fingerprint density at radius 3 is 2.55 bits per heavy atom. The smallest absolute Gasteiger partial charge is 0.166 e. The number of hydrogen-bond donors (Lipinski definition) is 1. The standard InChI is InChI=1S/C16H16ClF2N/c1-10(2)20-9-11-6-7-12(17)8-14(11)13-4-3-5-15(18)16(13)19/h3-8,10,20H,9H2,1-2H3. The van der Waals surface area contributed by atoms with Crippen LogP contribution in [0.15, 0.2) is 36.4 Å². The first kappa shape index (κ1) is 14.9. The lowest BCUT2D eigenvalue weighted by molar-refractivity contribution is 0.511. The van der Waals surface area contributed by atoms with E-state index in [2.05, 4.69) is 5.32 Å². The highest BCUT2D eigenvalue weighted by Crippen LogP contribution is 2.30. The molecule has 106 valence electrons. The van der Waals surface area contributed by atoms with E-state index in [-0.39, 0.29) is 5.56 Å². The Bertz CT molecular complexity index is 611. The van der Waals surface area contributed by atoms with E-state index in [0.29, 0.717) is 23.2 Å². The van der Waals surface area contributed by atoms with Crippen molar-refractivity contribution >= 4 is 11.6 Å². The van der Waals surface area contributed by atoms with Crippen LogP contribution in [0.3, 0.4) is 0 Å². The van der Waals surface area contributed by atoms with Crippen molar-refractivity contribution in [2.45, 2.75) is 26.4 Å². The van der Waals surface area contributed by atoms with E-state index in [0.717, 1.165) is 11.6 Å². The van der Waals surface area contributed by atoms with Crippen LogP contribution in [0.5, 0.6) is 0 Å². The maximum atomic E-state index is 14.0. The molecule has 0 unspecified atom stereocenters. The summed E-state index contributed by atoms with van der Waals surface area (Å²) >= 11 is 5.98. The molecule has 2 aromatic rings. The zero-order chi connectivity index (χ0) is 14.7. The van der Waals surface area contributed by atoms with Crippen LogP contribution in [0.25, 0.3) is 11.1 Å². The molecule has 4 heteroatoms. The summed E-state index contributed by atoms with van der Waals surface area (Å²) in [6, 6.07) is 9.70. The van der Waals surface area contributed by atoms with Crippen LogP contribution in [-0.2, 0) is 6.54 Å². The van der Waals surface area contributed by atoms with Gasteiger partial charge in [0.25, 0.3) is 0 Å². The van der Waals surface area contributed by atoms with E-state index in [1.54, 1.807) is 18.2 Å². The molecule has 0 aromatic heterocycles. The first-order chi connectivity index (χ1) is 9.49. The van der Waals surface area contributed by atoms with Gasteiger partial charge in [-0.05, 0) is 29.3 Å². The molecule has 2 rings (SSSR count). The summed E-state index contributed by atoms with van der Waals surface area (Å²) in [5.74, 6) is -1.70. The topological polar surface area (TPSA) is 12.0 Å². The molecule has 0 aliphatic heterocycles. The zero-order valence-corrected chi connectivity index (χ0v) is 12.1. The molecule has 0 amide bonds. The summed E-state index contributed by atoms with van der Waals surface area (Å²) in [6.45, 7) is 4.62. The Kier molecular flexibility index (Phi) is 4.73. The molecular weight excluding hydrogens is 280 g/mol. The third kappa shape index (κ3) is 3.35. The van der Waals surface area contributed by atoms with Crippen molar-refractivity contribution in [3.8, 4) is 11.1 Å². The monoisotopic (exact) mass is 295 g/mol. The first-order valence-electron chi connectivity index (χ1n) is 6.45. The molecule has 0 atom stereocenters. The zero-order valence-electron chi connectivity index (χ0n) is 11.4. The van der Waals surface area contributed by atoms with Gasteiger partial charge >= 0.3 is 0 Å². The molecule has 1 nitrogen and oxygen atoms in total. The SMILES string of the molecule is CC(C)NCc1ccc(Cl)cc1-c1cccc(F)c1F. The lowest BCUT2D eigenvalue weighted by Crippen LogP contribution is -2.22. The summed E-state index contributed by atoms with van der Waals surface area (Å²) in [4.78, 5) is 0. The van der Waals surface area contributed by atoms with Crippen LogP contribution >= 0.6 is 11.6 Å². The Hall–Kier alpha value is -1.45. The Balaban J connectivity index is 2.48. The number of benzene rings is 2. The van der Waals surface area contributed by atoms with Gasteiger partial charge in [-0.15, -0.1) is 0 Å². The molecule has 0 saturated carbocycles. The van der Waals surface area contributed by atoms with Crippen molar-refractivity contribution in [2.75, 3.05) is 0 Å². The van der Waals surface area contributed by atoms with Gasteiger partial charge in [0.2, 0.25) is 0 Å². The van der Waals surface area contributed by atoms with Crippen LogP contribution in [0.1, 0.15) is 19.4 Å². The molecule has 0 saturated heterocycles. The van der Waals surface area contributed by atoms with E-state index in [9.17, 15) is 8.78 Å². The van der Waals surface area contributed by atoms with Gasteiger partial charge < -0.3 is 5.32 Å². The molecule has 1 N–H and O–H groups in total. The average Bonchev–Trinajstić information content (AvgIpc) is 2.40. The lowest BCUT2D eigenvalue weighted by atomic mass is 9.99. The van der Waals surface area contributed by atoms with E-state index < -0.39 is 11.6 Å². The molecule has 0 aliphatic rings. The van der Waals surface area contributed by atoms with Crippen LogP contribution < -0.4 is 5.32 Å². The molecular formula is C16H16ClF2N. The minimum Gasteiger partial charge on any atom is -0.310 e. The maximum absolute atomic E-state index is 14.0. The van der Waals surface area contributed by atoms with Gasteiger partial charge in [-0.25, -0.2) is 8.78 Å². The maximum Gasteiger partial charge on any atom is 0.166 e. The summed E-state index contributed by atoms with van der Waals surface area (Å²) in [5, 5.41) is 3.76. The van der Waals surface area contributed by atoms with Gasteiger partial charge in [-0.3, -0.25) is 0 Å². The van der Waals surface area contributed by atoms with E-state index >= 15 is 0 Å². The summed E-state index contributed by atoms with van der Waals surface area (Å²) < 4.78 is 27.3. The summed E-state index contributed by atoms with van der Waals surface area (Å²) in [6.07, 6.45) is 0.